The van der Waals surface area contributed by atoms with Crippen molar-refractivity contribution in [1.82, 2.24) is 5.43 Å². The Morgan fingerprint density at radius 3 is 2.50 bits per heavy atom. The molecule has 7 heteroatoms. The highest BCUT2D eigenvalue weighted by atomic mass is 16.6. The van der Waals surface area contributed by atoms with E-state index in [0.717, 1.165) is 5.56 Å². The van der Waals surface area contributed by atoms with Crippen molar-refractivity contribution in [2.24, 2.45) is 11.3 Å². The summed E-state index contributed by atoms with van der Waals surface area (Å²) in [5.74, 6) is 5.12. The molecule has 0 bridgehead atoms. The zero-order valence-electron chi connectivity index (χ0n) is 12.0. The van der Waals surface area contributed by atoms with Gasteiger partial charge in [0.15, 0.2) is 0 Å². The fourth-order valence-corrected chi connectivity index (χ4v) is 1.69. The summed E-state index contributed by atoms with van der Waals surface area (Å²) in [6.45, 7) is 6.88. The van der Waals surface area contributed by atoms with Crippen LogP contribution in [0.5, 0.6) is 5.75 Å². The van der Waals surface area contributed by atoms with E-state index >= 15 is 0 Å². The lowest BCUT2D eigenvalue weighted by Gasteiger charge is -2.23. The summed E-state index contributed by atoms with van der Waals surface area (Å²) in [6.07, 6.45) is 0. The van der Waals surface area contributed by atoms with Crippen LogP contribution in [0.25, 0.3) is 0 Å². The standard InChI is InChI=1S/C13H19N3O4/c1-8-5-9(2)11(6-10(8)16(18)19)20-7-13(3,4)12(17)15-14/h5-6H,7,14H2,1-4H3,(H,15,17). The number of nitro benzene ring substituents is 1. The number of rotatable bonds is 5. The van der Waals surface area contributed by atoms with Crippen molar-refractivity contribution in [3.63, 3.8) is 0 Å². The van der Waals surface area contributed by atoms with Gasteiger partial charge in [-0.2, -0.15) is 0 Å². The van der Waals surface area contributed by atoms with Crippen LogP contribution in [0.4, 0.5) is 5.69 Å². The van der Waals surface area contributed by atoms with Crippen LogP contribution >= 0.6 is 0 Å². The van der Waals surface area contributed by atoms with E-state index in [1.165, 1.54) is 6.07 Å². The van der Waals surface area contributed by atoms with E-state index in [0.29, 0.717) is 11.3 Å². The molecule has 0 spiro atoms. The minimum Gasteiger partial charge on any atom is -0.492 e. The SMILES string of the molecule is Cc1cc(C)c([N+](=O)[O-])cc1OCC(C)(C)C(=O)NN. The second-order valence-corrected chi connectivity index (χ2v) is 5.31. The van der Waals surface area contributed by atoms with Crippen LogP contribution in [0.2, 0.25) is 0 Å². The van der Waals surface area contributed by atoms with E-state index in [1.54, 1.807) is 33.8 Å². The smallest absolute Gasteiger partial charge is 0.276 e. The molecular weight excluding hydrogens is 262 g/mol. The summed E-state index contributed by atoms with van der Waals surface area (Å²) in [7, 11) is 0. The summed E-state index contributed by atoms with van der Waals surface area (Å²) in [4.78, 5) is 22.0. The molecule has 0 saturated heterocycles. The third-order valence-corrected chi connectivity index (χ3v) is 3.02. The van der Waals surface area contributed by atoms with E-state index < -0.39 is 10.3 Å². The fourth-order valence-electron chi connectivity index (χ4n) is 1.69. The number of nitro groups is 1. The number of hydrogen-bond acceptors (Lipinski definition) is 5. The lowest BCUT2D eigenvalue weighted by Crippen LogP contribution is -2.44. The minimum absolute atomic E-state index is 0.00770. The van der Waals surface area contributed by atoms with Gasteiger partial charge in [-0.05, 0) is 39.3 Å². The number of hydrazine groups is 1. The molecule has 0 unspecified atom stereocenters. The molecule has 1 aromatic rings. The Kier molecular flexibility index (Phi) is 4.67. The Morgan fingerprint density at radius 1 is 1.40 bits per heavy atom. The number of nitrogens with one attached hydrogen (secondary N) is 1. The quantitative estimate of drug-likeness (QED) is 0.369. The maximum Gasteiger partial charge on any atom is 0.276 e. The number of carbonyl (C=O) groups is 1. The van der Waals surface area contributed by atoms with Gasteiger partial charge < -0.3 is 4.74 Å². The number of nitrogens with zero attached hydrogens (tertiary/aromatic N) is 1. The molecule has 0 aliphatic carbocycles. The molecule has 7 nitrogen and oxygen atoms in total. The summed E-state index contributed by atoms with van der Waals surface area (Å²) in [5, 5.41) is 10.9. The Labute approximate surface area is 117 Å². The predicted octanol–water partition coefficient (Wildman–Crippen LogP) is 1.61. The first kappa shape index (κ1) is 15.9. The lowest BCUT2D eigenvalue weighted by molar-refractivity contribution is -0.385. The second kappa shape index (κ2) is 5.87. The molecule has 3 N–H and O–H groups in total. The maximum atomic E-state index is 11.5. The van der Waals surface area contributed by atoms with Gasteiger partial charge in [0, 0.05) is 5.56 Å². The molecule has 20 heavy (non-hydrogen) atoms. The highest BCUT2D eigenvalue weighted by Crippen LogP contribution is 2.29. The normalized spacial score (nSPS) is 11.1. The van der Waals surface area contributed by atoms with E-state index in [1.807, 2.05) is 0 Å². The van der Waals surface area contributed by atoms with Crippen molar-refractivity contribution in [3.8, 4) is 5.75 Å². The van der Waals surface area contributed by atoms with Crippen LogP contribution in [0.3, 0.4) is 0 Å². The first-order chi connectivity index (χ1) is 9.19. The summed E-state index contributed by atoms with van der Waals surface area (Å²) >= 11 is 0. The first-order valence-electron chi connectivity index (χ1n) is 6.08. The van der Waals surface area contributed by atoms with Crippen LogP contribution in [0.15, 0.2) is 12.1 Å². The van der Waals surface area contributed by atoms with E-state index in [-0.39, 0.29) is 18.2 Å². The summed E-state index contributed by atoms with van der Waals surface area (Å²) < 4.78 is 5.55. The Balaban J connectivity index is 2.96. The van der Waals surface area contributed by atoms with Gasteiger partial charge in [-0.3, -0.25) is 20.3 Å². The van der Waals surface area contributed by atoms with Crippen molar-refractivity contribution in [2.75, 3.05) is 6.61 Å². The summed E-state index contributed by atoms with van der Waals surface area (Å²) in [5.41, 5.74) is 2.57. The van der Waals surface area contributed by atoms with Crippen LogP contribution < -0.4 is 16.0 Å². The lowest BCUT2D eigenvalue weighted by atomic mass is 9.94. The van der Waals surface area contributed by atoms with E-state index in [2.05, 4.69) is 5.43 Å². The summed E-state index contributed by atoms with van der Waals surface area (Å²) in [6, 6.07) is 3.06. The van der Waals surface area contributed by atoms with Gasteiger partial charge in [0.2, 0.25) is 5.91 Å². The highest BCUT2D eigenvalue weighted by Gasteiger charge is 2.28. The van der Waals surface area contributed by atoms with Gasteiger partial charge in [-0.25, -0.2) is 5.84 Å². The zero-order chi connectivity index (χ0) is 15.5. The van der Waals surface area contributed by atoms with Crippen LogP contribution in [0, 0.1) is 29.4 Å². The molecule has 110 valence electrons. The Morgan fingerprint density at radius 2 is 2.00 bits per heavy atom. The van der Waals surface area contributed by atoms with Crippen molar-refractivity contribution >= 4 is 11.6 Å². The maximum absolute atomic E-state index is 11.5. The van der Waals surface area contributed by atoms with Gasteiger partial charge >= 0.3 is 0 Å². The molecule has 0 radical (unpaired) electrons. The van der Waals surface area contributed by atoms with Crippen LogP contribution in [-0.4, -0.2) is 17.4 Å². The molecule has 1 rings (SSSR count). The fraction of sp³-hybridized carbons (Fsp3) is 0.462. The largest absolute Gasteiger partial charge is 0.492 e. The average Bonchev–Trinajstić information content (AvgIpc) is 2.36. The third-order valence-electron chi connectivity index (χ3n) is 3.02. The molecule has 0 atom stereocenters. The van der Waals surface area contributed by atoms with Crippen molar-refractivity contribution in [3.05, 3.63) is 33.4 Å². The molecule has 1 aromatic carbocycles. The third kappa shape index (κ3) is 3.45. The number of benzene rings is 1. The molecular formula is C13H19N3O4. The molecule has 0 aromatic heterocycles. The number of aryl methyl sites for hydroxylation is 2. The van der Waals surface area contributed by atoms with Gasteiger partial charge in [-0.1, -0.05) is 0 Å². The van der Waals surface area contributed by atoms with Gasteiger partial charge in [0.25, 0.3) is 5.69 Å². The highest BCUT2D eigenvalue weighted by molar-refractivity contribution is 5.81. The number of hydrogen-bond donors (Lipinski definition) is 2. The van der Waals surface area contributed by atoms with Gasteiger partial charge in [0.05, 0.1) is 16.4 Å². The van der Waals surface area contributed by atoms with Crippen LogP contribution in [0.1, 0.15) is 25.0 Å². The van der Waals surface area contributed by atoms with Gasteiger partial charge in [0.1, 0.15) is 12.4 Å². The van der Waals surface area contributed by atoms with E-state index in [9.17, 15) is 14.9 Å². The average molecular weight is 281 g/mol. The molecule has 0 saturated carbocycles. The molecule has 0 fully saturated rings. The predicted molar refractivity (Wildman–Crippen MR) is 74.2 cm³/mol. The molecule has 0 aliphatic rings. The van der Waals surface area contributed by atoms with Gasteiger partial charge in [-0.15, -0.1) is 0 Å². The molecule has 1 amide bonds. The van der Waals surface area contributed by atoms with Crippen LogP contribution in [-0.2, 0) is 4.79 Å². The Hall–Kier alpha value is -2.15. The topological polar surface area (TPSA) is 107 Å². The monoisotopic (exact) mass is 281 g/mol. The minimum atomic E-state index is -0.832. The number of carbonyl (C=O) groups excluding carboxylic acids is 1. The van der Waals surface area contributed by atoms with Crippen molar-refractivity contribution < 1.29 is 14.5 Å². The van der Waals surface area contributed by atoms with Crippen molar-refractivity contribution in [1.29, 1.82) is 0 Å². The van der Waals surface area contributed by atoms with E-state index in [4.69, 9.17) is 10.6 Å². The molecule has 0 heterocycles. The number of amides is 1. The number of ether oxygens (including phenoxy) is 1. The Bertz CT molecular complexity index is 541. The second-order valence-electron chi connectivity index (χ2n) is 5.31. The molecule has 0 aliphatic heterocycles. The van der Waals surface area contributed by atoms with Crippen molar-refractivity contribution in [2.45, 2.75) is 27.7 Å². The number of nitrogens with two attached hydrogens (primary N) is 1. The first-order valence-corrected chi connectivity index (χ1v) is 6.08. The zero-order valence-corrected chi connectivity index (χ0v) is 12.0.